The van der Waals surface area contributed by atoms with Crippen molar-refractivity contribution in [1.82, 2.24) is 15.1 Å². The van der Waals surface area contributed by atoms with Gasteiger partial charge in [0, 0.05) is 23.4 Å². The van der Waals surface area contributed by atoms with E-state index in [2.05, 4.69) is 25.2 Å². The monoisotopic (exact) mass is 452 g/mol. The number of aromatic nitrogens is 3. The summed E-state index contributed by atoms with van der Waals surface area (Å²) < 4.78 is 9.43. The maximum atomic E-state index is 13.6. The fourth-order valence-electron chi connectivity index (χ4n) is 3.86. The smallest absolute Gasteiger partial charge is 0.313 e. The third-order valence-corrected chi connectivity index (χ3v) is 5.29. The number of carbonyl (C=O) groups excluding carboxylic acids is 3. The molecule has 1 amide bonds. The molecule has 0 bridgehead atoms. The number of hydrogen-bond donors (Lipinski definition) is 2. The molecule has 10 nitrogen and oxygen atoms in total. The number of anilines is 1. The van der Waals surface area contributed by atoms with E-state index in [0.29, 0.717) is 22.6 Å². The second-order valence-corrected chi connectivity index (χ2v) is 7.69. The largest absolute Gasteiger partial charge is 0.508 e. The Morgan fingerprint density at radius 3 is 2.52 bits per heavy atom. The zero-order valence-corrected chi connectivity index (χ0v) is 18.4. The molecule has 10 heteroatoms. The number of nitrogens with one attached hydrogen (secondary N) is 1. The summed E-state index contributed by atoms with van der Waals surface area (Å²) in [5.41, 5.74) is 2.36. The van der Waals surface area contributed by atoms with Gasteiger partial charge in [-0.3, -0.25) is 19.7 Å². The Balaban J connectivity index is 2.04. The lowest BCUT2D eigenvalue weighted by atomic mass is 9.75. The van der Waals surface area contributed by atoms with Gasteiger partial charge in [0.05, 0.1) is 18.0 Å². The minimum Gasteiger partial charge on any atom is -0.508 e. The molecule has 3 aromatic rings. The number of amides is 1. The number of esters is 1. The van der Waals surface area contributed by atoms with E-state index in [1.54, 1.807) is 51.1 Å². The number of phenols is 1. The second-order valence-electron chi connectivity index (χ2n) is 7.69. The lowest BCUT2D eigenvalue weighted by Crippen LogP contribution is -2.34. The number of ether oxygens (including phenoxy) is 1. The Morgan fingerprint density at radius 2 is 1.91 bits per heavy atom. The number of aromatic hydroxyl groups is 1. The van der Waals surface area contributed by atoms with E-state index >= 15 is 0 Å². The molecule has 3 rings (SSSR count). The second kappa shape index (κ2) is 10.5. The minimum absolute atomic E-state index is 0.0366. The number of nitrogens with zero attached hydrogens (tertiary/aromatic N) is 3. The maximum Gasteiger partial charge on any atom is 0.313 e. The highest BCUT2D eigenvalue weighted by molar-refractivity contribution is 5.93. The molecule has 2 N–H and O–H groups in total. The molecule has 3 unspecified atom stereocenters. The standard InChI is InChI=1S/C23H24N4O6/c1-13-9-14(2)25-23(24-13)26-22(31)21(15(3)16-5-4-6-17(29)10-16)18(11-20(30)32-12-28)19-7-8-33-27-19/h4-10,12,15,18,21,29H,11H2,1-3H3,(H,24,25,26,31). The predicted octanol–water partition coefficient (Wildman–Crippen LogP) is 3.02. The molecular weight excluding hydrogens is 428 g/mol. The van der Waals surface area contributed by atoms with Crippen molar-refractivity contribution in [1.29, 1.82) is 0 Å². The molecule has 1 aromatic carbocycles. The van der Waals surface area contributed by atoms with E-state index in [0.717, 1.165) is 0 Å². The van der Waals surface area contributed by atoms with Crippen LogP contribution in [0.2, 0.25) is 0 Å². The minimum atomic E-state index is -0.888. The lowest BCUT2D eigenvalue weighted by molar-refractivity contribution is -0.151. The first kappa shape index (κ1) is 23.6. The number of phenolic OH excluding ortho intramolecular Hbond substituents is 1. The summed E-state index contributed by atoms with van der Waals surface area (Å²) in [5, 5.41) is 16.6. The van der Waals surface area contributed by atoms with Crippen molar-refractivity contribution in [2.45, 2.75) is 39.0 Å². The quantitative estimate of drug-likeness (QED) is 0.284. The first-order chi connectivity index (χ1) is 15.8. The van der Waals surface area contributed by atoms with E-state index in [1.165, 1.54) is 12.3 Å². The molecule has 0 radical (unpaired) electrons. The first-order valence-electron chi connectivity index (χ1n) is 10.2. The molecule has 172 valence electrons. The van der Waals surface area contributed by atoms with Crippen molar-refractivity contribution in [2.24, 2.45) is 5.92 Å². The van der Waals surface area contributed by atoms with Crippen LogP contribution < -0.4 is 5.32 Å². The summed E-state index contributed by atoms with van der Waals surface area (Å²) in [6.07, 6.45) is 1.02. The van der Waals surface area contributed by atoms with Crippen LogP contribution in [0.3, 0.4) is 0 Å². The maximum absolute atomic E-state index is 13.6. The summed E-state index contributed by atoms with van der Waals surface area (Å²) in [7, 11) is 0. The van der Waals surface area contributed by atoms with Gasteiger partial charge in [-0.2, -0.15) is 0 Å². The van der Waals surface area contributed by atoms with E-state index in [9.17, 15) is 19.5 Å². The van der Waals surface area contributed by atoms with Crippen molar-refractivity contribution < 1.29 is 28.8 Å². The fourth-order valence-corrected chi connectivity index (χ4v) is 3.86. The zero-order valence-electron chi connectivity index (χ0n) is 18.4. The van der Waals surface area contributed by atoms with Gasteiger partial charge in [0.15, 0.2) is 0 Å². The van der Waals surface area contributed by atoms with E-state index < -0.39 is 29.6 Å². The lowest BCUT2D eigenvalue weighted by Gasteiger charge is -2.29. The van der Waals surface area contributed by atoms with Gasteiger partial charge in [0.2, 0.25) is 11.9 Å². The van der Waals surface area contributed by atoms with Crippen LogP contribution in [0.15, 0.2) is 47.2 Å². The van der Waals surface area contributed by atoms with E-state index in [4.69, 9.17) is 4.52 Å². The highest BCUT2D eigenvalue weighted by Crippen LogP contribution is 2.39. The van der Waals surface area contributed by atoms with Crippen molar-refractivity contribution in [3.8, 4) is 5.75 Å². The average molecular weight is 452 g/mol. The topological polar surface area (TPSA) is 145 Å². The molecule has 0 aliphatic rings. The SMILES string of the molecule is Cc1cc(C)nc(NC(=O)C(C(C)c2cccc(O)c2)C(CC(=O)OC=O)c2ccon2)n1. The van der Waals surface area contributed by atoms with Crippen LogP contribution in [0.5, 0.6) is 5.75 Å². The van der Waals surface area contributed by atoms with Crippen LogP contribution in [0.25, 0.3) is 0 Å². The predicted molar refractivity (Wildman–Crippen MR) is 116 cm³/mol. The van der Waals surface area contributed by atoms with Gasteiger partial charge in [-0.25, -0.2) is 9.97 Å². The molecule has 0 saturated carbocycles. The van der Waals surface area contributed by atoms with Crippen LogP contribution in [-0.4, -0.2) is 38.6 Å². The molecule has 0 saturated heterocycles. The van der Waals surface area contributed by atoms with Gasteiger partial charge in [0.25, 0.3) is 0 Å². The van der Waals surface area contributed by atoms with Crippen molar-refractivity contribution in [3.63, 3.8) is 0 Å². The molecule has 33 heavy (non-hydrogen) atoms. The first-order valence-corrected chi connectivity index (χ1v) is 10.2. The molecule has 2 heterocycles. The number of carbonyl (C=O) groups is 3. The summed E-state index contributed by atoms with van der Waals surface area (Å²) in [4.78, 5) is 45.0. The summed E-state index contributed by atoms with van der Waals surface area (Å²) in [6, 6.07) is 9.81. The van der Waals surface area contributed by atoms with E-state index in [-0.39, 0.29) is 24.6 Å². The Kier molecular flexibility index (Phi) is 7.50. The number of benzene rings is 1. The molecule has 0 aliphatic carbocycles. The number of aryl methyl sites for hydroxylation is 2. The zero-order chi connectivity index (χ0) is 24.0. The third kappa shape index (κ3) is 6.00. The fraction of sp³-hybridized carbons (Fsp3) is 0.304. The Morgan fingerprint density at radius 1 is 1.18 bits per heavy atom. The number of hydrogen-bond acceptors (Lipinski definition) is 9. The van der Waals surface area contributed by atoms with Gasteiger partial charge >= 0.3 is 12.4 Å². The van der Waals surface area contributed by atoms with E-state index in [1.807, 2.05) is 0 Å². The summed E-state index contributed by atoms with van der Waals surface area (Å²) in [5.74, 6) is -3.31. The highest BCUT2D eigenvalue weighted by atomic mass is 16.6. The summed E-state index contributed by atoms with van der Waals surface area (Å²) in [6.45, 7) is 5.40. The van der Waals surface area contributed by atoms with Crippen molar-refractivity contribution in [3.05, 3.63) is 65.3 Å². The van der Waals surface area contributed by atoms with Gasteiger partial charge in [-0.05, 0) is 43.5 Å². The van der Waals surface area contributed by atoms with Crippen LogP contribution >= 0.6 is 0 Å². The van der Waals surface area contributed by atoms with Crippen molar-refractivity contribution in [2.75, 3.05) is 5.32 Å². The van der Waals surface area contributed by atoms with Crippen LogP contribution in [0.4, 0.5) is 5.95 Å². The van der Waals surface area contributed by atoms with Gasteiger partial charge < -0.3 is 14.4 Å². The molecule has 0 fully saturated rings. The van der Waals surface area contributed by atoms with Crippen LogP contribution in [0, 0.1) is 19.8 Å². The Bertz CT molecular complexity index is 1110. The van der Waals surface area contributed by atoms with Gasteiger partial charge in [-0.15, -0.1) is 0 Å². The molecule has 0 aliphatic heterocycles. The van der Waals surface area contributed by atoms with Crippen LogP contribution in [-0.2, 0) is 19.1 Å². The van der Waals surface area contributed by atoms with Gasteiger partial charge in [0.1, 0.15) is 12.0 Å². The Labute approximate surface area is 190 Å². The van der Waals surface area contributed by atoms with Gasteiger partial charge in [-0.1, -0.05) is 24.2 Å². The molecular formula is C23H24N4O6. The van der Waals surface area contributed by atoms with Crippen LogP contribution in [0.1, 0.15) is 47.8 Å². The Hall–Kier alpha value is -4.08. The highest BCUT2D eigenvalue weighted by Gasteiger charge is 2.38. The average Bonchev–Trinajstić information content (AvgIpc) is 3.27. The third-order valence-electron chi connectivity index (χ3n) is 5.29. The number of rotatable bonds is 9. The molecule has 0 spiro atoms. The normalized spacial score (nSPS) is 13.5. The van der Waals surface area contributed by atoms with Crippen molar-refractivity contribution >= 4 is 24.3 Å². The molecule has 3 atom stereocenters. The summed E-state index contributed by atoms with van der Waals surface area (Å²) >= 11 is 0. The molecule has 2 aromatic heterocycles.